The Balaban J connectivity index is 1.85. The maximum absolute atomic E-state index is 6.26. The first-order valence-electron chi connectivity index (χ1n) is 7.04. The van der Waals surface area contributed by atoms with E-state index in [1.165, 1.54) is 18.4 Å². The second kappa shape index (κ2) is 5.52. The van der Waals surface area contributed by atoms with E-state index < -0.39 is 0 Å². The number of rotatable bonds is 3. The van der Waals surface area contributed by atoms with Gasteiger partial charge in [-0.3, -0.25) is 4.90 Å². The van der Waals surface area contributed by atoms with Crippen molar-refractivity contribution >= 4 is 15.9 Å². The smallest absolute Gasteiger partial charge is 0.0707 e. The molecule has 0 radical (unpaired) electrons. The zero-order valence-corrected chi connectivity index (χ0v) is 12.8. The Morgan fingerprint density at radius 3 is 2.58 bits per heavy atom. The van der Waals surface area contributed by atoms with Crippen molar-refractivity contribution in [2.24, 2.45) is 5.73 Å². The van der Waals surface area contributed by atoms with Gasteiger partial charge in [0.05, 0.1) is 12.2 Å². The Morgan fingerprint density at radius 1 is 1.32 bits per heavy atom. The van der Waals surface area contributed by atoms with E-state index >= 15 is 0 Å². The van der Waals surface area contributed by atoms with Gasteiger partial charge in [-0.1, -0.05) is 28.1 Å². The highest BCUT2D eigenvalue weighted by atomic mass is 79.9. The first kappa shape index (κ1) is 13.6. The van der Waals surface area contributed by atoms with E-state index in [4.69, 9.17) is 10.5 Å². The number of halogens is 1. The number of hydrogen-bond donors (Lipinski definition) is 1. The first-order chi connectivity index (χ1) is 9.13. The van der Waals surface area contributed by atoms with E-state index in [2.05, 4.69) is 52.0 Å². The summed E-state index contributed by atoms with van der Waals surface area (Å²) in [6.07, 6.45) is 3.22. The van der Waals surface area contributed by atoms with Gasteiger partial charge in [-0.15, -0.1) is 0 Å². The number of fused-ring (bicyclic) bond motifs is 2. The predicted octanol–water partition coefficient (Wildman–Crippen LogP) is 2.70. The van der Waals surface area contributed by atoms with E-state index in [0.29, 0.717) is 12.2 Å². The van der Waals surface area contributed by atoms with E-state index in [1.807, 2.05) is 0 Å². The highest BCUT2D eigenvalue weighted by Crippen LogP contribution is 2.33. The third kappa shape index (κ3) is 2.87. The van der Waals surface area contributed by atoms with Crippen molar-refractivity contribution in [2.75, 3.05) is 13.1 Å². The van der Waals surface area contributed by atoms with Gasteiger partial charge in [0, 0.05) is 29.6 Å². The Morgan fingerprint density at radius 2 is 2.00 bits per heavy atom. The van der Waals surface area contributed by atoms with Crippen LogP contribution >= 0.6 is 15.9 Å². The van der Waals surface area contributed by atoms with Crippen molar-refractivity contribution in [1.82, 2.24) is 4.90 Å². The molecule has 2 bridgehead atoms. The summed E-state index contributed by atoms with van der Waals surface area (Å²) in [5.74, 6) is 0. The maximum Gasteiger partial charge on any atom is 0.0707 e. The summed E-state index contributed by atoms with van der Waals surface area (Å²) in [6, 6.07) is 8.91. The number of hydrogen-bond acceptors (Lipinski definition) is 3. The number of benzene rings is 1. The number of nitrogens with zero attached hydrogens (tertiary/aromatic N) is 1. The molecule has 2 N–H and O–H groups in total. The Bertz CT molecular complexity index is 440. The molecule has 19 heavy (non-hydrogen) atoms. The van der Waals surface area contributed by atoms with Crippen LogP contribution < -0.4 is 5.73 Å². The first-order valence-corrected chi connectivity index (χ1v) is 7.83. The van der Waals surface area contributed by atoms with Crippen LogP contribution in [-0.4, -0.2) is 36.2 Å². The highest BCUT2D eigenvalue weighted by Gasteiger charge is 2.37. The molecule has 2 fully saturated rings. The van der Waals surface area contributed by atoms with Crippen molar-refractivity contribution < 1.29 is 4.74 Å². The van der Waals surface area contributed by atoms with Crippen molar-refractivity contribution in [3.63, 3.8) is 0 Å². The van der Waals surface area contributed by atoms with Crippen LogP contribution in [0.2, 0.25) is 0 Å². The lowest BCUT2D eigenvalue weighted by molar-refractivity contribution is -0.0559. The van der Waals surface area contributed by atoms with Gasteiger partial charge in [-0.2, -0.15) is 0 Å². The van der Waals surface area contributed by atoms with Gasteiger partial charge in [-0.05, 0) is 37.5 Å². The third-order valence-electron chi connectivity index (χ3n) is 4.15. The molecule has 1 aromatic rings. The maximum atomic E-state index is 6.26. The topological polar surface area (TPSA) is 38.5 Å². The molecule has 2 saturated heterocycles. The van der Waals surface area contributed by atoms with E-state index in [0.717, 1.165) is 17.6 Å². The summed E-state index contributed by atoms with van der Waals surface area (Å²) in [6.45, 7) is 4.12. The van der Waals surface area contributed by atoms with Crippen molar-refractivity contribution in [3.8, 4) is 0 Å². The molecule has 4 unspecified atom stereocenters. The molecule has 4 heteroatoms. The third-order valence-corrected chi connectivity index (χ3v) is 4.65. The quantitative estimate of drug-likeness (QED) is 0.929. The molecule has 2 aliphatic heterocycles. The summed E-state index contributed by atoms with van der Waals surface area (Å²) >= 11 is 3.56. The van der Waals surface area contributed by atoms with Crippen LogP contribution in [0, 0.1) is 0 Å². The molecule has 0 aromatic heterocycles. The van der Waals surface area contributed by atoms with E-state index in [9.17, 15) is 0 Å². The molecule has 0 saturated carbocycles. The minimum Gasteiger partial charge on any atom is -0.372 e. The number of morpholine rings is 1. The molecule has 0 aliphatic carbocycles. The fourth-order valence-corrected chi connectivity index (χ4v) is 3.83. The lowest BCUT2D eigenvalue weighted by atomic mass is 9.98. The van der Waals surface area contributed by atoms with Gasteiger partial charge in [0.1, 0.15) is 0 Å². The van der Waals surface area contributed by atoms with Gasteiger partial charge >= 0.3 is 0 Å². The van der Waals surface area contributed by atoms with Gasteiger partial charge < -0.3 is 10.5 Å². The molecule has 0 spiro atoms. The van der Waals surface area contributed by atoms with Gasteiger partial charge in [0.15, 0.2) is 0 Å². The van der Waals surface area contributed by atoms with E-state index in [-0.39, 0.29) is 12.1 Å². The molecule has 104 valence electrons. The minimum atomic E-state index is 0.117. The fraction of sp³-hybridized carbons (Fsp3) is 0.600. The Labute approximate surface area is 123 Å². The van der Waals surface area contributed by atoms with Crippen LogP contribution in [-0.2, 0) is 4.74 Å². The van der Waals surface area contributed by atoms with Gasteiger partial charge in [0.2, 0.25) is 0 Å². The molecule has 0 amide bonds. The summed E-state index contributed by atoms with van der Waals surface area (Å²) in [7, 11) is 0. The van der Waals surface area contributed by atoms with Gasteiger partial charge in [-0.25, -0.2) is 0 Å². The van der Waals surface area contributed by atoms with Crippen molar-refractivity contribution in [3.05, 3.63) is 34.3 Å². The van der Waals surface area contributed by atoms with E-state index in [1.54, 1.807) is 0 Å². The van der Waals surface area contributed by atoms with Gasteiger partial charge in [0.25, 0.3) is 0 Å². The molecular weight excluding hydrogens is 304 g/mol. The SMILES string of the molecule is CC(N)C(c1cccc(Br)c1)N1CC2CCC(C1)O2. The highest BCUT2D eigenvalue weighted by molar-refractivity contribution is 9.10. The average molecular weight is 325 g/mol. The zero-order valence-electron chi connectivity index (χ0n) is 11.3. The molecule has 1 aromatic carbocycles. The standard InChI is InChI=1S/C15H21BrN2O/c1-10(17)15(11-3-2-4-12(16)7-11)18-8-13-5-6-14(9-18)19-13/h2-4,7,10,13-15H,5-6,8-9,17H2,1H3. The monoisotopic (exact) mass is 324 g/mol. The average Bonchev–Trinajstić information content (AvgIpc) is 2.68. The van der Waals surface area contributed by atoms with Crippen LogP contribution in [0.15, 0.2) is 28.7 Å². The molecule has 2 aliphatic rings. The summed E-state index contributed by atoms with van der Waals surface area (Å²) in [5.41, 5.74) is 7.56. The number of nitrogens with two attached hydrogens (primary N) is 1. The lowest BCUT2D eigenvalue weighted by Crippen LogP contribution is -2.48. The number of ether oxygens (including phenoxy) is 1. The Hall–Kier alpha value is -0.420. The molecule has 4 atom stereocenters. The molecule has 3 rings (SSSR count). The van der Waals surface area contributed by atoms with Crippen LogP contribution in [0.5, 0.6) is 0 Å². The Kier molecular flexibility index (Phi) is 3.94. The van der Waals surface area contributed by atoms with Crippen LogP contribution in [0.3, 0.4) is 0 Å². The summed E-state index contributed by atoms with van der Waals surface area (Å²) in [5, 5.41) is 0. The van der Waals surface area contributed by atoms with Crippen LogP contribution in [0.25, 0.3) is 0 Å². The van der Waals surface area contributed by atoms with Crippen molar-refractivity contribution in [2.45, 2.75) is 44.1 Å². The normalized spacial score (nSPS) is 30.3. The largest absolute Gasteiger partial charge is 0.372 e. The zero-order chi connectivity index (χ0) is 13.4. The predicted molar refractivity (Wildman–Crippen MR) is 80.0 cm³/mol. The molecule has 3 nitrogen and oxygen atoms in total. The van der Waals surface area contributed by atoms with Crippen LogP contribution in [0.1, 0.15) is 31.4 Å². The molecular formula is C15H21BrN2O. The second-order valence-electron chi connectivity index (χ2n) is 5.77. The molecule has 2 heterocycles. The van der Waals surface area contributed by atoms with Crippen molar-refractivity contribution in [1.29, 1.82) is 0 Å². The minimum absolute atomic E-state index is 0.117. The number of likely N-dealkylation sites (tertiary alicyclic amines) is 1. The second-order valence-corrected chi connectivity index (χ2v) is 6.69. The lowest BCUT2D eigenvalue weighted by Gasteiger charge is -2.40. The fourth-order valence-electron chi connectivity index (χ4n) is 3.41. The van der Waals surface area contributed by atoms with Crippen LogP contribution in [0.4, 0.5) is 0 Å². The summed E-state index contributed by atoms with van der Waals surface area (Å²) < 4.78 is 7.04. The summed E-state index contributed by atoms with van der Waals surface area (Å²) in [4.78, 5) is 2.51.